The number of carbonyl (C=O) groups is 2. The third-order valence-electron chi connectivity index (χ3n) is 6.12. The lowest BCUT2D eigenvalue weighted by Gasteiger charge is -2.29. The number of ether oxygens (including phenoxy) is 3. The third-order valence-corrected chi connectivity index (χ3v) is 6.12. The van der Waals surface area contributed by atoms with Gasteiger partial charge < -0.3 is 19.3 Å². The summed E-state index contributed by atoms with van der Waals surface area (Å²) in [5, 5.41) is 9.98. The van der Waals surface area contributed by atoms with Crippen molar-refractivity contribution in [1.82, 2.24) is 0 Å². The molecule has 0 aromatic carbocycles. The Morgan fingerprint density at radius 3 is 2.52 bits per heavy atom. The lowest BCUT2D eigenvalue weighted by Crippen LogP contribution is -2.33. The predicted octanol–water partition coefficient (Wildman–Crippen LogP) is 3.25. The molecule has 0 bridgehead atoms. The van der Waals surface area contributed by atoms with Crippen molar-refractivity contribution in [3.63, 3.8) is 0 Å². The van der Waals surface area contributed by atoms with Gasteiger partial charge in [0.15, 0.2) is 6.29 Å². The van der Waals surface area contributed by atoms with E-state index in [-0.39, 0.29) is 48.5 Å². The minimum atomic E-state index is -0.192. The number of hydrogen-bond donors (Lipinski definition) is 1. The summed E-state index contributed by atoms with van der Waals surface area (Å²) in [6.45, 7) is 2.43. The molecule has 1 saturated carbocycles. The summed E-state index contributed by atoms with van der Waals surface area (Å²) in [6, 6.07) is 0. The molecule has 2 aliphatic rings. The fourth-order valence-corrected chi connectivity index (χ4v) is 4.58. The van der Waals surface area contributed by atoms with Crippen molar-refractivity contribution in [2.75, 3.05) is 20.3 Å². The number of ketones is 1. The summed E-state index contributed by atoms with van der Waals surface area (Å²) < 4.78 is 16.5. The molecule has 1 heterocycles. The zero-order valence-electron chi connectivity index (χ0n) is 16.9. The maximum absolute atomic E-state index is 12.2. The third kappa shape index (κ3) is 6.84. The maximum Gasteiger partial charge on any atom is 0.305 e. The van der Waals surface area contributed by atoms with E-state index in [0.717, 1.165) is 58.0 Å². The van der Waals surface area contributed by atoms with E-state index in [1.807, 2.05) is 0 Å². The highest BCUT2D eigenvalue weighted by molar-refractivity contribution is 5.79. The van der Waals surface area contributed by atoms with Gasteiger partial charge in [0.2, 0.25) is 0 Å². The lowest BCUT2D eigenvalue weighted by molar-refractivity contribution is -0.198. The van der Waals surface area contributed by atoms with Crippen LogP contribution in [0.4, 0.5) is 0 Å². The number of unbranched alkanes of at least 4 members (excludes halogenated alkanes) is 3. The van der Waals surface area contributed by atoms with Gasteiger partial charge in [0.1, 0.15) is 5.78 Å². The molecule has 1 aliphatic carbocycles. The molecule has 6 nitrogen and oxygen atoms in total. The van der Waals surface area contributed by atoms with E-state index >= 15 is 0 Å². The van der Waals surface area contributed by atoms with Crippen molar-refractivity contribution >= 4 is 11.8 Å². The zero-order chi connectivity index (χ0) is 19.6. The number of aliphatic hydroxyl groups excluding tert-OH is 1. The Morgan fingerprint density at radius 1 is 1.11 bits per heavy atom. The van der Waals surface area contributed by atoms with Crippen LogP contribution in [-0.4, -0.2) is 49.6 Å². The minimum absolute atomic E-state index is 0.000467. The van der Waals surface area contributed by atoms with E-state index in [1.165, 1.54) is 7.11 Å². The van der Waals surface area contributed by atoms with Crippen molar-refractivity contribution in [1.29, 1.82) is 0 Å². The van der Waals surface area contributed by atoms with E-state index in [9.17, 15) is 14.7 Å². The van der Waals surface area contributed by atoms with Crippen molar-refractivity contribution in [2.24, 2.45) is 17.8 Å². The van der Waals surface area contributed by atoms with Gasteiger partial charge in [0.05, 0.1) is 13.2 Å². The Morgan fingerprint density at radius 2 is 1.89 bits per heavy atom. The van der Waals surface area contributed by atoms with Gasteiger partial charge in [-0.2, -0.15) is 0 Å². The van der Waals surface area contributed by atoms with Crippen molar-refractivity contribution in [3.05, 3.63) is 0 Å². The standard InChI is InChI=1S/C21H36O6/c1-15(23)17-13-19(27-21-11-7-8-12-26-21)18(14-22)16(17)9-5-3-4-6-10-20(24)25-2/h16-19,21-22H,3-14H2,1-2H3/t16-,17-,18+,19+,21?/m0/s1. The van der Waals surface area contributed by atoms with Crippen LogP contribution in [0.1, 0.15) is 71.1 Å². The quantitative estimate of drug-likeness (QED) is 0.435. The maximum atomic E-state index is 12.2. The first-order chi connectivity index (χ1) is 13.1. The average molecular weight is 385 g/mol. The van der Waals surface area contributed by atoms with Crippen LogP contribution in [0.15, 0.2) is 0 Å². The fourth-order valence-electron chi connectivity index (χ4n) is 4.58. The SMILES string of the molecule is COC(=O)CCCCCC[C@@H]1[C@@H](CO)[C@H](OC2CCCCO2)C[C@H]1C(C)=O. The van der Waals surface area contributed by atoms with Gasteiger partial charge in [0, 0.05) is 31.5 Å². The summed E-state index contributed by atoms with van der Waals surface area (Å²) >= 11 is 0. The topological polar surface area (TPSA) is 82.1 Å². The highest BCUT2D eigenvalue weighted by atomic mass is 16.7. The molecule has 0 aromatic heterocycles. The van der Waals surface area contributed by atoms with Crippen molar-refractivity contribution in [3.8, 4) is 0 Å². The molecule has 1 aliphatic heterocycles. The Bertz CT molecular complexity index is 460. The smallest absolute Gasteiger partial charge is 0.305 e. The molecule has 0 spiro atoms. The summed E-state index contributed by atoms with van der Waals surface area (Å²) in [5.41, 5.74) is 0. The second-order valence-electron chi connectivity index (χ2n) is 7.96. The van der Waals surface area contributed by atoms with E-state index < -0.39 is 0 Å². The van der Waals surface area contributed by atoms with Crippen molar-refractivity contribution in [2.45, 2.75) is 83.5 Å². The zero-order valence-corrected chi connectivity index (χ0v) is 16.9. The lowest BCUT2D eigenvalue weighted by atomic mass is 9.83. The molecule has 0 radical (unpaired) electrons. The largest absolute Gasteiger partial charge is 0.469 e. The molecular formula is C21H36O6. The summed E-state index contributed by atoms with van der Waals surface area (Å²) in [6.07, 6.45) is 8.68. The van der Waals surface area contributed by atoms with Gasteiger partial charge in [0.25, 0.3) is 0 Å². The number of hydrogen-bond acceptors (Lipinski definition) is 6. The number of methoxy groups -OCH3 is 1. The number of rotatable bonds is 11. The van der Waals surface area contributed by atoms with Crippen LogP contribution in [0.3, 0.4) is 0 Å². The molecule has 1 N–H and O–H groups in total. The molecule has 2 rings (SSSR count). The molecule has 0 aromatic rings. The minimum Gasteiger partial charge on any atom is -0.469 e. The van der Waals surface area contributed by atoms with Crippen LogP contribution in [0.2, 0.25) is 0 Å². The number of carbonyl (C=O) groups excluding carboxylic acids is 2. The Kier molecular flexibility index (Phi) is 9.73. The predicted molar refractivity (Wildman–Crippen MR) is 101 cm³/mol. The van der Waals surface area contributed by atoms with Crippen LogP contribution in [-0.2, 0) is 23.8 Å². The normalized spacial score (nSPS) is 31.0. The Hall–Kier alpha value is -0.980. The molecule has 1 saturated heterocycles. The average Bonchev–Trinajstić information content (AvgIpc) is 3.02. The van der Waals surface area contributed by atoms with Gasteiger partial charge in [-0.05, 0) is 51.4 Å². The highest BCUT2D eigenvalue weighted by Crippen LogP contribution is 2.43. The van der Waals surface area contributed by atoms with E-state index in [1.54, 1.807) is 6.92 Å². The van der Waals surface area contributed by atoms with E-state index in [2.05, 4.69) is 4.74 Å². The van der Waals surface area contributed by atoms with Crippen LogP contribution in [0.25, 0.3) is 0 Å². The van der Waals surface area contributed by atoms with Crippen molar-refractivity contribution < 1.29 is 28.9 Å². The number of aliphatic hydroxyl groups is 1. The first kappa shape index (κ1) is 22.3. The Labute approximate surface area is 162 Å². The van der Waals surface area contributed by atoms with Crippen LogP contribution in [0, 0.1) is 17.8 Å². The van der Waals surface area contributed by atoms with Crippen LogP contribution < -0.4 is 0 Å². The van der Waals surface area contributed by atoms with Gasteiger partial charge in [-0.25, -0.2) is 0 Å². The monoisotopic (exact) mass is 384 g/mol. The van der Waals surface area contributed by atoms with Gasteiger partial charge in [-0.1, -0.05) is 19.3 Å². The molecule has 5 atom stereocenters. The first-order valence-corrected chi connectivity index (χ1v) is 10.5. The number of Topliss-reactive ketones (excluding diaryl/α,β-unsaturated/α-hetero) is 1. The van der Waals surface area contributed by atoms with E-state index in [4.69, 9.17) is 9.47 Å². The van der Waals surface area contributed by atoms with Gasteiger partial charge >= 0.3 is 5.97 Å². The number of esters is 1. The van der Waals surface area contributed by atoms with Crippen LogP contribution >= 0.6 is 0 Å². The summed E-state index contributed by atoms with van der Waals surface area (Å²) in [5.74, 6) is 0.166. The summed E-state index contributed by atoms with van der Waals surface area (Å²) in [4.78, 5) is 23.3. The fraction of sp³-hybridized carbons (Fsp3) is 0.905. The molecule has 2 fully saturated rings. The van der Waals surface area contributed by atoms with Crippen LogP contribution in [0.5, 0.6) is 0 Å². The summed E-state index contributed by atoms with van der Waals surface area (Å²) in [7, 11) is 1.41. The second-order valence-corrected chi connectivity index (χ2v) is 7.96. The van der Waals surface area contributed by atoms with Gasteiger partial charge in [-0.3, -0.25) is 9.59 Å². The molecule has 6 heteroatoms. The molecule has 1 unspecified atom stereocenters. The molecular weight excluding hydrogens is 348 g/mol. The highest BCUT2D eigenvalue weighted by Gasteiger charge is 2.45. The van der Waals surface area contributed by atoms with E-state index in [0.29, 0.717) is 12.8 Å². The Balaban J connectivity index is 1.82. The molecule has 0 amide bonds. The second kappa shape index (κ2) is 11.8. The molecule has 156 valence electrons. The first-order valence-electron chi connectivity index (χ1n) is 10.5. The van der Waals surface area contributed by atoms with Gasteiger partial charge in [-0.15, -0.1) is 0 Å². The molecule has 27 heavy (non-hydrogen) atoms.